The molecule has 0 aliphatic carbocycles. The van der Waals surface area contributed by atoms with Crippen LogP contribution in [0.25, 0.3) is 0 Å². The highest BCUT2D eigenvalue weighted by atomic mass is 32.2. The van der Waals surface area contributed by atoms with Gasteiger partial charge >= 0.3 is 5.97 Å². The summed E-state index contributed by atoms with van der Waals surface area (Å²) in [4.78, 5) is 24.5. The van der Waals surface area contributed by atoms with E-state index in [2.05, 4.69) is 4.74 Å². The van der Waals surface area contributed by atoms with E-state index in [0.717, 1.165) is 0 Å². The Kier molecular flexibility index (Phi) is 5.73. The number of carbonyl (C=O) groups is 2. The molecule has 0 aromatic heterocycles. The number of carbonyl (C=O) groups excluding carboxylic acids is 2. The van der Waals surface area contributed by atoms with Crippen LogP contribution in [0.15, 0.2) is 0 Å². The molecule has 0 bridgehead atoms. The molecule has 1 aliphatic heterocycles. The lowest BCUT2D eigenvalue weighted by atomic mass is 10.3. The van der Waals surface area contributed by atoms with E-state index < -0.39 is 12.3 Å². The van der Waals surface area contributed by atoms with Crippen LogP contribution in [0.1, 0.15) is 6.42 Å². The molecule has 0 saturated carbocycles. The lowest BCUT2D eigenvalue weighted by Crippen LogP contribution is -2.51. The predicted octanol–water partition coefficient (Wildman–Crippen LogP) is 0.0699. The molecule has 6 nitrogen and oxygen atoms in total. The maximum Gasteiger partial charge on any atom is 0.325 e. The number of amides is 1. The van der Waals surface area contributed by atoms with Crippen molar-refractivity contribution in [2.45, 2.75) is 18.1 Å². The minimum absolute atomic E-state index is 0.0732. The molecule has 1 atom stereocenters. The average molecular weight is 263 g/mol. The van der Waals surface area contributed by atoms with Crippen LogP contribution in [0.3, 0.4) is 0 Å². The first-order chi connectivity index (χ1) is 8.13. The summed E-state index contributed by atoms with van der Waals surface area (Å²) < 4.78 is 14.9. The van der Waals surface area contributed by atoms with Crippen LogP contribution in [-0.4, -0.2) is 62.1 Å². The van der Waals surface area contributed by atoms with E-state index in [0.29, 0.717) is 12.2 Å². The van der Waals surface area contributed by atoms with E-state index in [1.165, 1.54) is 38.0 Å². The van der Waals surface area contributed by atoms with Gasteiger partial charge in [0.25, 0.3) is 0 Å². The van der Waals surface area contributed by atoms with Gasteiger partial charge in [0.2, 0.25) is 5.91 Å². The zero-order valence-corrected chi connectivity index (χ0v) is 11.0. The van der Waals surface area contributed by atoms with Crippen LogP contribution in [-0.2, 0) is 23.8 Å². The second-order valence-electron chi connectivity index (χ2n) is 3.45. The Balaban J connectivity index is 2.76. The Hall–Kier alpha value is -0.790. The molecule has 0 aromatic rings. The van der Waals surface area contributed by atoms with Crippen LogP contribution in [0.2, 0.25) is 0 Å². The standard InChI is InChI=1S/C10H17NO5S/c1-14-8(13)6-11-7(12)4-5-17-9(11)10(15-2)16-3/h9-10H,4-6H2,1-3H3. The largest absolute Gasteiger partial charge is 0.468 e. The van der Waals surface area contributed by atoms with Gasteiger partial charge in [-0.3, -0.25) is 9.59 Å². The van der Waals surface area contributed by atoms with Crippen molar-refractivity contribution in [1.82, 2.24) is 4.90 Å². The maximum absolute atomic E-state index is 11.8. The van der Waals surface area contributed by atoms with Gasteiger partial charge in [-0.1, -0.05) is 0 Å². The van der Waals surface area contributed by atoms with Gasteiger partial charge in [-0.05, 0) is 0 Å². The first-order valence-corrected chi connectivity index (χ1v) is 6.22. The fourth-order valence-electron chi connectivity index (χ4n) is 1.58. The highest BCUT2D eigenvalue weighted by Gasteiger charge is 2.36. The van der Waals surface area contributed by atoms with Crippen molar-refractivity contribution in [3.8, 4) is 0 Å². The van der Waals surface area contributed by atoms with Crippen molar-refractivity contribution in [3.63, 3.8) is 0 Å². The number of hydrogen-bond donors (Lipinski definition) is 0. The third kappa shape index (κ3) is 3.58. The van der Waals surface area contributed by atoms with Gasteiger partial charge in [0.1, 0.15) is 11.9 Å². The highest BCUT2D eigenvalue weighted by molar-refractivity contribution is 8.00. The first-order valence-electron chi connectivity index (χ1n) is 5.17. The topological polar surface area (TPSA) is 65.1 Å². The molecular weight excluding hydrogens is 246 g/mol. The third-order valence-corrected chi connectivity index (χ3v) is 3.71. The lowest BCUT2D eigenvalue weighted by Gasteiger charge is -2.37. The Morgan fingerprint density at radius 3 is 2.65 bits per heavy atom. The van der Waals surface area contributed by atoms with Gasteiger partial charge in [0.05, 0.1) is 7.11 Å². The fraction of sp³-hybridized carbons (Fsp3) is 0.800. The summed E-state index contributed by atoms with van der Waals surface area (Å²) in [5, 5.41) is -0.314. The van der Waals surface area contributed by atoms with E-state index in [1.54, 1.807) is 0 Å². The number of esters is 1. The number of methoxy groups -OCH3 is 3. The summed E-state index contributed by atoms with van der Waals surface area (Å²) in [6.45, 7) is -0.0732. The van der Waals surface area contributed by atoms with Crippen molar-refractivity contribution < 1.29 is 23.8 Å². The minimum atomic E-state index is -0.547. The van der Waals surface area contributed by atoms with Crippen molar-refractivity contribution in [1.29, 1.82) is 0 Å². The van der Waals surface area contributed by atoms with E-state index in [9.17, 15) is 9.59 Å². The van der Waals surface area contributed by atoms with Crippen molar-refractivity contribution >= 4 is 23.6 Å². The molecular formula is C10H17NO5S. The summed E-state index contributed by atoms with van der Waals surface area (Å²) in [7, 11) is 4.30. The summed E-state index contributed by atoms with van der Waals surface area (Å²) in [6, 6.07) is 0. The fourth-order valence-corrected chi connectivity index (χ4v) is 2.86. The lowest BCUT2D eigenvalue weighted by molar-refractivity contribution is -0.159. The van der Waals surface area contributed by atoms with Crippen LogP contribution in [0, 0.1) is 0 Å². The maximum atomic E-state index is 11.8. The van der Waals surface area contributed by atoms with E-state index >= 15 is 0 Å². The summed E-state index contributed by atoms with van der Waals surface area (Å²) in [5.74, 6) is 0.166. The Morgan fingerprint density at radius 1 is 1.47 bits per heavy atom. The predicted molar refractivity (Wildman–Crippen MR) is 62.4 cm³/mol. The normalized spacial score (nSPS) is 20.8. The highest BCUT2D eigenvalue weighted by Crippen LogP contribution is 2.27. The molecule has 1 heterocycles. The summed E-state index contributed by atoms with van der Waals surface area (Å²) in [6.07, 6.45) is -0.132. The first kappa shape index (κ1) is 14.3. The molecule has 1 rings (SSSR count). The van der Waals surface area contributed by atoms with Crippen molar-refractivity contribution in [2.75, 3.05) is 33.6 Å². The van der Waals surface area contributed by atoms with Crippen LogP contribution in [0.4, 0.5) is 0 Å². The van der Waals surface area contributed by atoms with E-state index in [-0.39, 0.29) is 17.8 Å². The molecule has 0 aromatic carbocycles. The van der Waals surface area contributed by atoms with Gasteiger partial charge in [-0.2, -0.15) is 0 Å². The minimum Gasteiger partial charge on any atom is -0.468 e. The Morgan fingerprint density at radius 2 is 2.12 bits per heavy atom. The average Bonchev–Trinajstić information content (AvgIpc) is 2.34. The number of hydrogen-bond acceptors (Lipinski definition) is 6. The molecule has 1 fully saturated rings. The molecule has 0 radical (unpaired) electrons. The number of rotatable bonds is 5. The Bertz CT molecular complexity index is 282. The van der Waals surface area contributed by atoms with Crippen LogP contribution >= 0.6 is 11.8 Å². The second kappa shape index (κ2) is 6.83. The van der Waals surface area contributed by atoms with Gasteiger partial charge in [0.15, 0.2) is 6.29 Å². The second-order valence-corrected chi connectivity index (χ2v) is 4.67. The van der Waals surface area contributed by atoms with Crippen LogP contribution < -0.4 is 0 Å². The molecule has 1 unspecified atom stereocenters. The van der Waals surface area contributed by atoms with Crippen molar-refractivity contribution in [2.24, 2.45) is 0 Å². The molecule has 1 aliphatic rings. The number of nitrogens with zero attached hydrogens (tertiary/aromatic N) is 1. The third-order valence-electron chi connectivity index (χ3n) is 2.46. The van der Waals surface area contributed by atoms with Gasteiger partial charge in [0, 0.05) is 26.4 Å². The molecule has 0 spiro atoms. The quantitative estimate of drug-likeness (QED) is 0.516. The molecule has 98 valence electrons. The van der Waals surface area contributed by atoms with Crippen LogP contribution in [0.5, 0.6) is 0 Å². The van der Waals surface area contributed by atoms with Gasteiger partial charge in [-0.25, -0.2) is 0 Å². The van der Waals surface area contributed by atoms with Gasteiger partial charge < -0.3 is 19.1 Å². The summed E-state index contributed by atoms with van der Waals surface area (Å²) >= 11 is 1.53. The van der Waals surface area contributed by atoms with E-state index in [1.807, 2.05) is 0 Å². The SMILES string of the molecule is COC(=O)CN1C(=O)CCSC1C(OC)OC. The molecule has 1 saturated heterocycles. The molecule has 7 heteroatoms. The zero-order chi connectivity index (χ0) is 12.8. The molecule has 0 N–H and O–H groups in total. The molecule has 1 amide bonds. The van der Waals surface area contributed by atoms with Gasteiger partial charge in [-0.15, -0.1) is 11.8 Å². The van der Waals surface area contributed by atoms with Crippen molar-refractivity contribution in [3.05, 3.63) is 0 Å². The Labute approximate surface area is 105 Å². The molecule has 17 heavy (non-hydrogen) atoms. The smallest absolute Gasteiger partial charge is 0.325 e. The zero-order valence-electron chi connectivity index (χ0n) is 10.2. The number of ether oxygens (including phenoxy) is 3. The summed E-state index contributed by atoms with van der Waals surface area (Å²) in [5.41, 5.74) is 0. The monoisotopic (exact) mass is 263 g/mol. The van der Waals surface area contributed by atoms with E-state index in [4.69, 9.17) is 9.47 Å². The number of thioether (sulfide) groups is 1.